The van der Waals surface area contributed by atoms with Crippen molar-refractivity contribution in [3.8, 4) is 11.1 Å². The maximum absolute atomic E-state index is 16.6. The van der Waals surface area contributed by atoms with Gasteiger partial charge in [0.1, 0.15) is 22.4 Å². The Hall–Kier alpha value is -3.04. The molecule has 0 bridgehead atoms. The molecule has 2 fully saturated rings. The van der Waals surface area contributed by atoms with Crippen molar-refractivity contribution in [2.24, 2.45) is 5.92 Å². The number of likely N-dealkylation sites (N-methyl/N-ethyl adjacent to an activating group) is 1. The zero-order chi connectivity index (χ0) is 26.0. The van der Waals surface area contributed by atoms with Crippen molar-refractivity contribution in [1.29, 1.82) is 0 Å². The highest BCUT2D eigenvalue weighted by Gasteiger charge is 2.34. The minimum atomic E-state index is -0.451. The number of halogens is 2. The summed E-state index contributed by atoms with van der Waals surface area (Å²) >= 11 is 6.86. The molecule has 2 aromatic heterocycles. The first-order valence-electron chi connectivity index (χ1n) is 12.9. The zero-order valence-corrected chi connectivity index (χ0v) is 22.6. The third-order valence-electron chi connectivity index (χ3n) is 8.06. The average molecular weight is 523 g/mol. The molecule has 0 aliphatic carbocycles. The normalized spacial score (nSPS) is 20.9. The lowest BCUT2D eigenvalue weighted by Crippen LogP contribution is -2.58. The van der Waals surface area contributed by atoms with E-state index in [1.54, 1.807) is 0 Å². The molecule has 2 atom stereocenters. The Kier molecular flexibility index (Phi) is 5.95. The number of benzene rings is 2. The van der Waals surface area contributed by atoms with Crippen molar-refractivity contribution in [2.75, 3.05) is 43.5 Å². The predicted molar refractivity (Wildman–Crippen MR) is 147 cm³/mol. The van der Waals surface area contributed by atoms with Gasteiger partial charge in [0.05, 0.1) is 5.02 Å². The monoisotopic (exact) mass is 522 g/mol. The second-order valence-corrected chi connectivity index (χ2v) is 11.4. The van der Waals surface area contributed by atoms with Gasteiger partial charge in [0.2, 0.25) is 5.95 Å². The molecule has 10 heteroatoms. The standard InChI is InChI=1S/C27H32ClFN8/c1-14-6-8-16(3)37(11-14)26-18-10-19(28)22(21-15(2)7-9-20-25(21)33-34-32-20)23(29)24(18)30-27(31-26)36-12-17(13-36)35(4)5/h7,9-10,14,16-17H,6,8,11-13H2,1-5H3,(H,32,33,34)/t14-,16-/m0/s1. The summed E-state index contributed by atoms with van der Waals surface area (Å²) in [6, 6.07) is 6.33. The molecule has 2 aliphatic heterocycles. The number of fused-ring (bicyclic) bond motifs is 2. The molecule has 194 valence electrons. The van der Waals surface area contributed by atoms with Crippen LogP contribution in [0.15, 0.2) is 18.2 Å². The van der Waals surface area contributed by atoms with Crippen LogP contribution in [0.2, 0.25) is 5.02 Å². The molecule has 2 aliphatic rings. The van der Waals surface area contributed by atoms with E-state index in [0.29, 0.717) is 56.5 Å². The van der Waals surface area contributed by atoms with Crippen LogP contribution in [-0.4, -0.2) is 76.1 Å². The molecule has 0 saturated carbocycles. The zero-order valence-electron chi connectivity index (χ0n) is 21.9. The van der Waals surface area contributed by atoms with Gasteiger partial charge in [0, 0.05) is 48.2 Å². The van der Waals surface area contributed by atoms with Crippen LogP contribution in [0.4, 0.5) is 16.2 Å². The van der Waals surface area contributed by atoms with Crippen molar-refractivity contribution >= 4 is 45.3 Å². The number of rotatable bonds is 4. The molecule has 8 nitrogen and oxygen atoms in total. The largest absolute Gasteiger partial charge is 0.353 e. The summed E-state index contributed by atoms with van der Waals surface area (Å²) in [6.07, 6.45) is 2.24. The summed E-state index contributed by atoms with van der Waals surface area (Å²) < 4.78 is 16.6. The van der Waals surface area contributed by atoms with E-state index in [-0.39, 0.29) is 5.52 Å². The molecule has 0 radical (unpaired) electrons. The second kappa shape index (κ2) is 9.06. The molecular formula is C27H32ClFN8. The number of nitrogens with one attached hydrogen (secondary N) is 1. The summed E-state index contributed by atoms with van der Waals surface area (Å²) in [4.78, 5) is 16.5. The third-order valence-corrected chi connectivity index (χ3v) is 8.36. The SMILES string of the molecule is Cc1ccc2n[nH]nc2c1-c1c(Cl)cc2c(N3C[C@@H](C)CC[C@@H]3C)nc(N3CC(N(C)C)C3)nc2c1F. The van der Waals surface area contributed by atoms with Crippen LogP contribution in [-0.2, 0) is 0 Å². The van der Waals surface area contributed by atoms with Crippen molar-refractivity contribution in [2.45, 2.75) is 45.7 Å². The van der Waals surface area contributed by atoms with Gasteiger partial charge in [0.15, 0.2) is 5.82 Å². The van der Waals surface area contributed by atoms with E-state index in [1.165, 1.54) is 6.42 Å². The molecule has 0 unspecified atom stereocenters. The van der Waals surface area contributed by atoms with Gasteiger partial charge in [-0.15, -0.1) is 0 Å². The number of hydrogen-bond donors (Lipinski definition) is 1. The van der Waals surface area contributed by atoms with Gasteiger partial charge in [-0.05, 0) is 64.4 Å². The van der Waals surface area contributed by atoms with Crippen LogP contribution in [0.5, 0.6) is 0 Å². The molecule has 0 spiro atoms. The van der Waals surface area contributed by atoms with Gasteiger partial charge in [0.25, 0.3) is 0 Å². The average Bonchev–Trinajstić information content (AvgIpc) is 3.30. The van der Waals surface area contributed by atoms with E-state index < -0.39 is 5.82 Å². The van der Waals surface area contributed by atoms with Crippen molar-refractivity contribution in [3.05, 3.63) is 34.6 Å². The van der Waals surface area contributed by atoms with Gasteiger partial charge < -0.3 is 14.7 Å². The van der Waals surface area contributed by atoms with E-state index in [4.69, 9.17) is 21.6 Å². The van der Waals surface area contributed by atoms with Crippen LogP contribution in [0, 0.1) is 18.7 Å². The fourth-order valence-electron chi connectivity index (χ4n) is 5.62. The summed E-state index contributed by atoms with van der Waals surface area (Å²) in [7, 11) is 4.15. The lowest BCUT2D eigenvalue weighted by molar-refractivity contribution is 0.245. The van der Waals surface area contributed by atoms with Gasteiger partial charge in [-0.2, -0.15) is 20.4 Å². The molecular weight excluding hydrogens is 491 g/mol. The molecule has 4 aromatic rings. The van der Waals surface area contributed by atoms with Crippen LogP contribution in [0.25, 0.3) is 33.1 Å². The van der Waals surface area contributed by atoms with E-state index in [2.05, 4.69) is 58.1 Å². The van der Waals surface area contributed by atoms with E-state index in [9.17, 15) is 0 Å². The van der Waals surface area contributed by atoms with E-state index in [1.807, 2.05) is 25.1 Å². The van der Waals surface area contributed by atoms with Crippen molar-refractivity contribution in [3.63, 3.8) is 0 Å². The summed E-state index contributed by atoms with van der Waals surface area (Å²) in [6.45, 7) is 8.88. The van der Waals surface area contributed by atoms with Gasteiger partial charge in [-0.3, -0.25) is 0 Å². The number of aryl methyl sites for hydroxylation is 1. The minimum absolute atomic E-state index is 0.290. The predicted octanol–water partition coefficient (Wildman–Crippen LogP) is 5.04. The number of piperidine rings is 1. The summed E-state index contributed by atoms with van der Waals surface area (Å²) in [5, 5.41) is 12.1. The Labute approximate surface area is 220 Å². The Bertz CT molecular complexity index is 1500. The Morgan fingerprint density at radius 3 is 2.57 bits per heavy atom. The third kappa shape index (κ3) is 3.99. The Morgan fingerprint density at radius 1 is 1.03 bits per heavy atom. The Balaban J connectivity index is 1.58. The van der Waals surface area contributed by atoms with Gasteiger partial charge in [-0.1, -0.05) is 24.6 Å². The first-order chi connectivity index (χ1) is 17.7. The quantitative estimate of drug-likeness (QED) is 0.402. The second-order valence-electron chi connectivity index (χ2n) is 10.9. The van der Waals surface area contributed by atoms with Gasteiger partial charge >= 0.3 is 0 Å². The molecule has 6 rings (SSSR count). The molecule has 2 aromatic carbocycles. The van der Waals surface area contributed by atoms with E-state index >= 15 is 4.39 Å². The maximum Gasteiger partial charge on any atom is 0.228 e. The number of hydrogen-bond acceptors (Lipinski definition) is 7. The molecule has 4 heterocycles. The van der Waals surface area contributed by atoms with Crippen LogP contribution < -0.4 is 9.80 Å². The highest BCUT2D eigenvalue weighted by atomic mass is 35.5. The highest BCUT2D eigenvalue weighted by molar-refractivity contribution is 6.35. The topological polar surface area (TPSA) is 77.1 Å². The Morgan fingerprint density at radius 2 is 1.81 bits per heavy atom. The number of nitrogens with zero attached hydrogens (tertiary/aromatic N) is 7. The first-order valence-corrected chi connectivity index (χ1v) is 13.3. The maximum atomic E-state index is 16.6. The van der Waals surface area contributed by atoms with Crippen molar-refractivity contribution in [1.82, 2.24) is 30.3 Å². The van der Waals surface area contributed by atoms with Crippen LogP contribution in [0.3, 0.4) is 0 Å². The molecule has 1 N–H and O–H groups in total. The highest BCUT2D eigenvalue weighted by Crippen LogP contribution is 2.43. The van der Waals surface area contributed by atoms with Crippen LogP contribution in [0.1, 0.15) is 32.3 Å². The lowest BCUT2D eigenvalue weighted by atomic mass is 9.94. The fraction of sp³-hybridized carbons (Fsp3) is 0.481. The number of H-pyrrole nitrogens is 1. The van der Waals surface area contributed by atoms with Gasteiger partial charge in [-0.25, -0.2) is 9.37 Å². The minimum Gasteiger partial charge on any atom is -0.353 e. The van der Waals surface area contributed by atoms with E-state index in [0.717, 1.165) is 37.4 Å². The number of anilines is 2. The number of aromatic nitrogens is 5. The van der Waals surface area contributed by atoms with Crippen LogP contribution >= 0.6 is 11.6 Å². The molecule has 37 heavy (non-hydrogen) atoms. The lowest BCUT2D eigenvalue weighted by Gasteiger charge is -2.43. The smallest absolute Gasteiger partial charge is 0.228 e. The molecule has 0 amide bonds. The first kappa shape index (κ1) is 24.3. The fourth-order valence-corrected chi connectivity index (χ4v) is 5.90. The summed E-state index contributed by atoms with van der Waals surface area (Å²) in [5.41, 5.74) is 3.34. The number of aromatic amines is 1. The summed E-state index contributed by atoms with van der Waals surface area (Å²) in [5.74, 6) is 1.40. The molecule has 2 saturated heterocycles. The van der Waals surface area contributed by atoms with Crippen molar-refractivity contribution < 1.29 is 4.39 Å².